The highest BCUT2D eigenvalue weighted by atomic mass is 35.5. The Hall–Kier alpha value is -1.10. The lowest BCUT2D eigenvalue weighted by molar-refractivity contribution is -0.385. The average Bonchev–Trinajstić information content (AvgIpc) is 2.30. The molecule has 0 saturated heterocycles. The number of alkyl halides is 1. The maximum absolute atomic E-state index is 10.3. The number of halogens is 1. The van der Waals surface area contributed by atoms with Crippen molar-refractivity contribution in [2.24, 2.45) is 7.05 Å². The Morgan fingerprint density at radius 2 is 2.55 bits per heavy atom. The maximum Gasteiger partial charge on any atom is 0.311 e. The van der Waals surface area contributed by atoms with E-state index in [9.17, 15) is 10.1 Å². The highest BCUT2D eigenvalue weighted by Gasteiger charge is 2.16. The Balaban J connectivity index is 3.15. The van der Waals surface area contributed by atoms with E-state index in [1.54, 1.807) is 7.05 Å². The first-order valence-electron chi connectivity index (χ1n) is 2.88. The van der Waals surface area contributed by atoms with Crippen LogP contribution < -0.4 is 0 Å². The molecule has 0 saturated carbocycles. The van der Waals surface area contributed by atoms with Crippen LogP contribution in [0.1, 0.15) is 5.69 Å². The topological polar surface area (TPSA) is 61.0 Å². The van der Waals surface area contributed by atoms with E-state index in [2.05, 4.69) is 5.10 Å². The van der Waals surface area contributed by atoms with Gasteiger partial charge in [0.25, 0.3) is 0 Å². The van der Waals surface area contributed by atoms with Gasteiger partial charge < -0.3 is 0 Å². The van der Waals surface area contributed by atoms with Gasteiger partial charge in [-0.05, 0) is 0 Å². The molecule has 0 radical (unpaired) electrons. The highest BCUT2D eigenvalue weighted by Crippen LogP contribution is 2.17. The van der Waals surface area contributed by atoms with Crippen molar-refractivity contribution in [2.45, 2.75) is 5.88 Å². The molecule has 0 spiro atoms. The Kier molecular flexibility index (Phi) is 2.09. The predicted octanol–water partition coefficient (Wildman–Crippen LogP) is 1.07. The maximum atomic E-state index is 10.3. The van der Waals surface area contributed by atoms with Crippen molar-refractivity contribution in [2.75, 3.05) is 0 Å². The van der Waals surface area contributed by atoms with Crippen molar-refractivity contribution in [1.82, 2.24) is 9.78 Å². The van der Waals surface area contributed by atoms with Gasteiger partial charge in [0.2, 0.25) is 0 Å². The lowest BCUT2D eigenvalue weighted by atomic mass is 10.4. The quantitative estimate of drug-likeness (QED) is 0.384. The van der Waals surface area contributed by atoms with Gasteiger partial charge in [-0.15, -0.1) is 11.6 Å². The third-order valence-electron chi connectivity index (χ3n) is 1.36. The third kappa shape index (κ3) is 1.32. The molecule has 0 aliphatic heterocycles. The van der Waals surface area contributed by atoms with Crippen LogP contribution in [0.4, 0.5) is 5.69 Å². The van der Waals surface area contributed by atoms with E-state index in [4.69, 9.17) is 11.6 Å². The Labute approximate surface area is 67.7 Å². The fourth-order valence-electron chi connectivity index (χ4n) is 0.759. The van der Waals surface area contributed by atoms with E-state index in [0.29, 0.717) is 5.69 Å². The molecule has 0 atom stereocenters. The van der Waals surface area contributed by atoms with Crippen LogP contribution in [0.5, 0.6) is 0 Å². The lowest BCUT2D eigenvalue weighted by Crippen LogP contribution is -1.97. The van der Waals surface area contributed by atoms with Gasteiger partial charge in [0.1, 0.15) is 11.9 Å². The minimum Gasteiger partial charge on any atom is -0.264 e. The second-order valence-corrected chi connectivity index (χ2v) is 2.26. The number of rotatable bonds is 2. The molecule has 0 aliphatic rings. The zero-order valence-corrected chi connectivity index (χ0v) is 6.58. The highest BCUT2D eigenvalue weighted by molar-refractivity contribution is 6.17. The Morgan fingerprint density at radius 3 is 2.91 bits per heavy atom. The summed E-state index contributed by atoms with van der Waals surface area (Å²) in [7, 11) is 1.62. The molecular weight excluding hydrogens is 170 g/mol. The lowest BCUT2D eigenvalue weighted by Gasteiger charge is -1.93. The summed E-state index contributed by atoms with van der Waals surface area (Å²) in [6.07, 6.45) is 1.19. The number of nitro groups is 1. The summed E-state index contributed by atoms with van der Waals surface area (Å²) < 4.78 is 1.39. The van der Waals surface area contributed by atoms with E-state index in [1.165, 1.54) is 10.9 Å². The van der Waals surface area contributed by atoms with Crippen LogP contribution in [0.15, 0.2) is 6.20 Å². The first-order chi connectivity index (χ1) is 5.16. The van der Waals surface area contributed by atoms with Crippen molar-refractivity contribution in [1.29, 1.82) is 0 Å². The van der Waals surface area contributed by atoms with Crippen molar-refractivity contribution in [3.8, 4) is 0 Å². The van der Waals surface area contributed by atoms with Crippen LogP contribution in [0, 0.1) is 10.1 Å². The minimum absolute atomic E-state index is 0.0255. The smallest absolute Gasteiger partial charge is 0.264 e. The molecule has 60 valence electrons. The number of nitrogens with zero attached hydrogens (tertiary/aromatic N) is 3. The fraction of sp³-hybridized carbons (Fsp3) is 0.400. The summed E-state index contributed by atoms with van der Waals surface area (Å²) in [4.78, 5) is 9.79. The van der Waals surface area contributed by atoms with Crippen LogP contribution >= 0.6 is 11.6 Å². The fourth-order valence-corrected chi connectivity index (χ4v) is 1.07. The number of hydrogen-bond acceptors (Lipinski definition) is 3. The Bertz CT molecular complexity index is 283. The van der Waals surface area contributed by atoms with E-state index in [-0.39, 0.29) is 11.6 Å². The molecule has 0 unspecified atom stereocenters. The normalized spacial score (nSPS) is 10.0. The first-order valence-corrected chi connectivity index (χ1v) is 3.41. The molecule has 1 aromatic rings. The van der Waals surface area contributed by atoms with E-state index >= 15 is 0 Å². The molecule has 0 bridgehead atoms. The second kappa shape index (κ2) is 2.87. The van der Waals surface area contributed by atoms with Gasteiger partial charge in [0.15, 0.2) is 0 Å². The summed E-state index contributed by atoms with van der Waals surface area (Å²) in [6.45, 7) is 0. The van der Waals surface area contributed by atoms with Crippen LogP contribution in [0.3, 0.4) is 0 Å². The largest absolute Gasteiger partial charge is 0.311 e. The standard InChI is InChI=1S/C5H6ClN3O2/c1-8-4(2-6)5(3-7-8)9(10)11/h3H,2H2,1H3. The van der Waals surface area contributed by atoms with Crippen molar-refractivity contribution < 1.29 is 4.92 Å². The van der Waals surface area contributed by atoms with Gasteiger partial charge in [-0.25, -0.2) is 0 Å². The van der Waals surface area contributed by atoms with Gasteiger partial charge >= 0.3 is 5.69 Å². The first kappa shape index (κ1) is 8.00. The monoisotopic (exact) mass is 175 g/mol. The van der Waals surface area contributed by atoms with E-state index in [1.807, 2.05) is 0 Å². The van der Waals surface area contributed by atoms with Crippen LogP contribution in [0.2, 0.25) is 0 Å². The van der Waals surface area contributed by atoms with E-state index in [0.717, 1.165) is 0 Å². The third-order valence-corrected chi connectivity index (χ3v) is 1.62. The van der Waals surface area contributed by atoms with Crippen LogP contribution in [0.25, 0.3) is 0 Å². The predicted molar refractivity (Wildman–Crippen MR) is 39.4 cm³/mol. The molecule has 1 rings (SSSR count). The minimum atomic E-state index is -0.495. The molecule has 11 heavy (non-hydrogen) atoms. The zero-order chi connectivity index (χ0) is 8.43. The molecule has 0 fully saturated rings. The molecule has 1 aromatic heterocycles. The molecule has 0 N–H and O–H groups in total. The zero-order valence-electron chi connectivity index (χ0n) is 5.82. The molecule has 1 heterocycles. The summed E-state index contributed by atoms with van der Waals surface area (Å²) in [5.74, 6) is 0.104. The molecule has 0 amide bonds. The van der Waals surface area contributed by atoms with Crippen molar-refractivity contribution in [3.05, 3.63) is 22.0 Å². The van der Waals surface area contributed by atoms with E-state index < -0.39 is 4.92 Å². The molecule has 0 aromatic carbocycles. The van der Waals surface area contributed by atoms with Crippen LogP contribution in [-0.2, 0) is 12.9 Å². The Morgan fingerprint density at radius 1 is 1.91 bits per heavy atom. The van der Waals surface area contributed by atoms with Gasteiger partial charge in [0, 0.05) is 7.05 Å². The number of hydrogen-bond donors (Lipinski definition) is 0. The van der Waals surface area contributed by atoms with Gasteiger partial charge in [-0.2, -0.15) is 5.10 Å². The summed E-state index contributed by atoms with van der Waals surface area (Å²) >= 11 is 5.46. The number of aryl methyl sites for hydroxylation is 1. The van der Waals surface area contributed by atoms with Crippen LogP contribution in [-0.4, -0.2) is 14.7 Å². The molecule has 0 aliphatic carbocycles. The summed E-state index contributed by atoms with van der Waals surface area (Å²) in [5, 5.41) is 14.0. The SMILES string of the molecule is Cn1ncc([N+](=O)[O-])c1CCl. The summed E-state index contributed by atoms with van der Waals surface area (Å²) in [6, 6.07) is 0. The average molecular weight is 176 g/mol. The van der Waals surface area contributed by atoms with Gasteiger partial charge in [-0.3, -0.25) is 14.8 Å². The summed E-state index contributed by atoms with van der Waals surface area (Å²) in [5.41, 5.74) is 0.402. The molecular formula is C5H6ClN3O2. The molecule has 6 heteroatoms. The van der Waals surface area contributed by atoms with Crippen molar-refractivity contribution >= 4 is 17.3 Å². The number of aromatic nitrogens is 2. The second-order valence-electron chi connectivity index (χ2n) is 1.99. The molecule has 5 nitrogen and oxygen atoms in total. The van der Waals surface area contributed by atoms with Gasteiger partial charge in [0.05, 0.1) is 10.8 Å². The van der Waals surface area contributed by atoms with Gasteiger partial charge in [-0.1, -0.05) is 0 Å². The van der Waals surface area contributed by atoms with Crippen molar-refractivity contribution in [3.63, 3.8) is 0 Å².